The number of urea groups is 1. The lowest BCUT2D eigenvalue weighted by atomic mass is 9.76. The monoisotopic (exact) mass is 379 g/mol. The van der Waals surface area contributed by atoms with Crippen molar-refractivity contribution in [2.45, 2.75) is 31.5 Å². The van der Waals surface area contributed by atoms with Gasteiger partial charge in [-0.3, -0.25) is 4.98 Å². The standard InChI is InChI=1S/C18H19Cl2N3O2/c19-13-5-4-11(15(20)9-13)10-22-18(25)23-17(12-7-14(24)8-12)16-3-1-2-6-21-16/h1-6,9,12,14,17,24H,7-8,10H2,(H2,22,23,25)/t12?,14?,17-/m1/s1. The molecule has 1 saturated carbocycles. The van der Waals surface area contributed by atoms with Crippen LogP contribution in [-0.2, 0) is 6.54 Å². The van der Waals surface area contributed by atoms with Gasteiger partial charge in [-0.05, 0) is 48.6 Å². The molecule has 1 atom stereocenters. The number of nitrogens with one attached hydrogen (secondary N) is 2. The molecule has 2 aromatic rings. The smallest absolute Gasteiger partial charge is 0.315 e. The third kappa shape index (κ3) is 4.63. The van der Waals surface area contributed by atoms with Gasteiger partial charge >= 0.3 is 6.03 Å². The Morgan fingerprint density at radius 3 is 2.72 bits per heavy atom. The highest BCUT2D eigenvalue weighted by Crippen LogP contribution is 2.37. The van der Waals surface area contributed by atoms with Gasteiger partial charge in [-0.15, -0.1) is 0 Å². The van der Waals surface area contributed by atoms with Gasteiger partial charge in [0.2, 0.25) is 0 Å². The fourth-order valence-corrected chi connectivity index (χ4v) is 3.40. The predicted octanol–water partition coefficient (Wildman–Crippen LogP) is 3.70. The molecule has 0 spiro atoms. The second-order valence-corrected chi connectivity index (χ2v) is 7.02. The van der Waals surface area contributed by atoms with Crippen LogP contribution in [0.5, 0.6) is 0 Å². The SMILES string of the molecule is O=C(NCc1ccc(Cl)cc1Cl)N[C@@H](c1ccccn1)C1CC(O)C1. The summed E-state index contributed by atoms with van der Waals surface area (Å²) in [5.41, 5.74) is 1.58. The maximum absolute atomic E-state index is 12.3. The third-order valence-electron chi connectivity index (χ3n) is 4.37. The predicted molar refractivity (Wildman–Crippen MR) is 97.5 cm³/mol. The summed E-state index contributed by atoms with van der Waals surface area (Å²) in [6.45, 7) is 0.296. The van der Waals surface area contributed by atoms with Gasteiger partial charge in [0.1, 0.15) is 0 Å². The number of nitrogens with zero attached hydrogens (tertiary/aromatic N) is 1. The van der Waals surface area contributed by atoms with Crippen molar-refractivity contribution >= 4 is 29.2 Å². The Hall–Kier alpha value is -1.82. The molecule has 1 aromatic carbocycles. The molecule has 25 heavy (non-hydrogen) atoms. The first-order valence-corrected chi connectivity index (χ1v) is 8.86. The summed E-state index contributed by atoms with van der Waals surface area (Å²) in [5, 5.41) is 16.4. The van der Waals surface area contributed by atoms with Crippen LogP contribution in [0.15, 0.2) is 42.6 Å². The zero-order valence-corrected chi connectivity index (χ0v) is 15.0. The van der Waals surface area contributed by atoms with Crippen molar-refractivity contribution in [2.24, 2.45) is 5.92 Å². The van der Waals surface area contributed by atoms with E-state index in [2.05, 4.69) is 15.6 Å². The number of benzene rings is 1. The number of carbonyl (C=O) groups is 1. The molecule has 3 rings (SSSR count). The summed E-state index contributed by atoms with van der Waals surface area (Å²) in [6.07, 6.45) is 2.72. The van der Waals surface area contributed by atoms with Gasteiger partial charge in [-0.1, -0.05) is 35.3 Å². The first kappa shape index (κ1) is 18.0. The molecule has 5 nitrogen and oxygen atoms in total. The Balaban J connectivity index is 1.62. The number of hydrogen-bond donors (Lipinski definition) is 3. The van der Waals surface area contributed by atoms with Crippen molar-refractivity contribution < 1.29 is 9.90 Å². The van der Waals surface area contributed by atoms with E-state index in [1.807, 2.05) is 18.2 Å². The minimum absolute atomic E-state index is 0.176. The summed E-state index contributed by atoms with van der Waals surface area (Å²) in [4.78, 5) is 16.7. The van der Waals surface area contributed by atoms with E-state index in [0.717, 1.165) is 11.3 Å². The number of amides is 2. The van der Waals surface area contributed by atoms with Gasteiger partial charge in [-0.2, -0.15) is 0 Å². The number of hydrogen-bond acceptors (Lipinski definition) is 3. The highest BCUT2D eigenvalue weighted by Gasteiger charge is 2.36. The first-order valence-electron chi connectivity index (χ1n) is 8.10. The molecule has 0 radical (unpaired) electrons. The number of rotatable bonds is 5. The quantitative estimate of drug-likeness (QED) is 0.741. The number of halogens is 2. The zero-order valence-electron chi connectivity index (χ0n) is 13.5. The molecule has 132 valence electrons. The van der Waals surface area contributed by atoms with Crippen molar-refractivity contribution in [3.63, 3.8) is 0 Å². The topological polar surface area (TPSA) is 74.2 Å². The zero-order chi connectivity index (χ0) is 17.8. The Morgan fingerprint density at radius 2 is 2.08 bits per heavy atom. The molecule has 0 aliphatic heterocycles. The fourth-order valence-electron chi connectivity index (χ4n) is 2.93. The molecule has 0 saturated heterocycles. The van der Waals surface area contributed by atoms with Crippen molar-refractivity contribution in [1.82, 2.24) is 15.6 Å². The highest BCUT2D eigenvalue weighted by atomic mass is 35.5. The van der Waals surface area contributed by atoms with E-state index < -0.39 is 0 Å². The fraction of sp³-hybridized carbons (Fsp3) is 0.333. The van der Waals surface area contributed by atoms with Gasteiger partial charge in [0.25, 0.3) is 0 Å². The second kappa shape index (κ2) is 8.04. The summed E-state index contributed by atoms with van der Waals surface area (Å²) < 4.78 is 0. The van der Waals surface area contributed by atoms with Gasteiger partial charge in [0, 0.05) is 22.8 Å². The summed E-state index contributed by atoms with van der Waals surface area (Å²) >= 11 is 12.0. The number of carbonyl (C=O) groups excluding carboxylic acids is 1. The lowest BCUT2D eigenvalue weighted by Gasteiger charge is -2.37. The average molecular weight is 380 g/mol. The van der Waals surface area contributed by atoms with E-state index in [-0.39, 0.29) is 24.1 Å². The summed E-state index contributed by atoms with van der Waals surface area (Å²) in [6, 6.07) is 10.2. The van der Waals surface area contributed by atoms with Gasteiger partial charge in [-0.25, -0.2) is 4.79 Å². The maximum atomic E-state index is 12.3. The first-order chi connectivity index (χ1) is 12.0. The highest BCUT2D eigenvalue weighted by molar-refractivity contribution is 6.35. The van der Waals surface area contributed by atoms with Crippen molar-refractivity contribution in [3.8, 4) is 0 Å². The normalized spacial score (nSPS) is 20.4. The minimum atomic E-state index is -0.303. The third-order valence-corrected chi connectivity index (χ3v) is 4.96. The number of aliphatic hydroxyl groups excluding tert-OH is 1. The number of pyridine rings is 1. The Morgan fingerprint density at radius 1 is 1.28 bits per heavy atom. The van der Waals surface area contributed by atoms with E-state index in [1.165, 1.54) is 0 Å². The van der Waals surface area contributed by atoms with Crippen molar-refractivity contribution in [3.05, 3.63) is 63.9 Å². The van der Waals surface area contributed by atoms with Crippen LogP contribution in [0.1, 0.15) is 30.1 Å². The van der Waals surface area contributed by atoms with Crippen LogP contribution in [0.25, 0.3) is 0 Å². The van der Waals surface area contributed by atoms with Crippen LogP contribution in [0, 0.1) is 5.92 Å². The Bertz CT molecular complexity index is 736. The molecule has 2 amide bonds. The molecule has 1 aromatic heterocycles. The Labute approximate surface area is 156 Å². The molecule has 0 unspecified atom stereocenters. The molecule has 7 heteroatoms. The van der Waals surface area contributed by atoms with Crippen LogP contribution in [0.2, 0.25) is 10.0 Å². The van der Waals surface area contributed by atoms with Crippen LogP contribution < -0.4 is 10.6 Å². The lowest BCUT2D eigenvalue weighted by molar-refractivity contribution is 0.0252. The molecule has 1 aliphatic rings. The van der Waals surface area contributed by atoms with Crippen LogP contribution in [-0.4, -0.2) is 22.2 Å². The summed E-state index contributed by atoms with van der Waals surface area (Å²) in [7, 11) is 0. The van der Waals surface area contributed by atoms with Crippen molar-refractivity contribution in [1.29, 1.82) is 0 Å². The van der Waals surface area contributed by atoms with E-state index in [4.69, 9.17) is 23.2 Å². The maximum Gasteiger partial charge on any atom is 0.315 e. The molecule has 3 N–H and O–H groups in total. The van der Waals surface area contributed by atoms with Crippen molar-refractivity contribution in [2.75, 3.05) is 0 Å². The van der Waals surface area contributed by atoms with Crippen LogP contribution >= 0.6 is 23.2 Å². The van der Waals surface area contributed by atoms with E-state index in [0.29, 0.717) is 29.4 Å². The molecular formula is C18H19Cl2N3O2. The van der Waals surface area contributed by atoms with Gasteiger partial charge in [0.05, 0.1) is 17.8 Å². The number of aromatic nitrogens is 1. The molecular weight excluding hydrogens is 361 g/mol. The number of aliphatic hydroxyl groups is 1. The molecule has 1 heterocycles. The Kier molecular flexibility index (Phi) is 5.78. The van der Waals surface area contributed by atoms with E-state index in [1.54, 1.807) is 24.4 Å². The van der Waals surface area contributed by atoms with Gasteiger partial charge < -0.3 is 15.7 Å². The summed E-state index contributed by atoms with van der Waals surface area (Å²) in [5.74, 6) is 0.176. The molecule has 0 bridgehead atoms. The average Bonchev–Trinajstić information content (AvgIpc) is 2.57. The van der Waals surface area contributed by atoms with Crippen LogP contribution in [0.3, 0.4) is 0 Å². The molecule has 1 fully saturated rings. The second-order valence-electron chi connectivity index (χ2n) is 6.18. The van der Waals surface area contributed by atoms with Gasteiger partial charge in [0.15, 0.2) is 0 Å². The van der Waals surface area contributed by atoms with Crippen LogP contribution in [0.4, 0.5) is 4.79 Å². The minimum Gasteiger partial charge on any atom is -0.393 e. The van der Waals surface area contributed by atoms with E-state index >= 15 is 0 Å². The largest absolute Gasteiger partial charge is 0.393 e. The lowest BCUT2D eigenvalue weighted by Crippen LogP contribution is -2.45. The molecule has 1 aliphatic carbocycles. The van der Waals surface area contributed by atoms with E-state index in [9.17, 15) is 9.90 Å².